The van der Waals surface area contributed by atoms with Crippen molar-refractivity contribution < 1.29 is 9.53 Å². The third-order valence-electron chi connectivity index (χ3n) is 3.38. The van der Waals surface area contributed by atoms with E-state index >= 15 is 0 Å². The molecule has 1 N–H and O–H groups in total. The second-order valence-corrected chi connectivity index (χ2v) is 8.76. The molecule has 0 fully saturated rings. The molecule has 2 rings (SSSR count). The maximum Gasteiger partial charge on any atom is 0.410 e. The summed E-state index contributed by atoms with van der Waals surface area (Å²) < 4.78 is 5.32. The molecule has 0 bridgehead atoms. The second kappa shape index (κ2) is 9.62. The number of hydrogen-bond acceptors (Lipinski definition) is 7. The highest BCUT2D eigenvalue weighted by molar-refractivity contribution is 7.99. The van der Waals surface area contributed by atoms with E-state index in [1.54, 1.807) is 25.5 Å². The van der Waals surface area contributed by atoms with Gasteiger partial charge in [0.25, 0.3) is 0 Å². The molecule has 0 saturated carbocycles. The van der Waals surface area contributed by atoms with Gasteiger partial charge in [-0.05, 0) is 33.8 Å². The number of hydrogen-bond donors (Lipinski definition) is 1. The Kier molecular flexibility index (Phi) is 7.74. The molecule has 1 amide bonds. The smallest absolute Gasteiger partial charge is 0.410 e. The van der Waals surface area contributed by atoms with Crippen molar-refractivity contribution in [1.82, 2.24) is 19.9 Å². The van der Waals surface area contributed by atoms with Crippen LogP contribution in [0.3, 0.4) is 0 Å². The number of nitrogens with one attached hydrogen (secondary N) is 1. The predicted octanol–water partition coefficient (Wildman–Crippen LogP) is 4.92. The third kappa shape index (κ3) is 6.68. The molecule has 0 aliphatic carbocycles. The van der Waals surface area contributed by atoms with Crippen LogP contribution in [0.5, 0.6) is 0 Å². The average molecular weight is 444 g/mol. The Labute approximate surface area is 179 Å². The lowest BCUT2D eigenvalue weighted by atomic mass is 10.2. The van der Waals surface area contributed by atoms with Gasteiger partial charge in [-0.2, -0.15) is 0 Å². The first-order valence-electron chi connectivity index (χ1n) is 8.56. The summed E-state index contributed by atoms with van der Waals surface area (Å²) in [6, 6.07) is 1.78. The Hall–Kier alpha value is -1.77. The van der Waals surface area contributed by atoms with E-state index in [2.05, 4.69) is 20.3 Å². The zero-order valence-electron chi connectivity index (χ0n) is 16.4. The van der Waals surface area contributed by atoms with Gasteiger partial charge in [-0.3, -0.25) is 0 Å². The molecule has 0 aromatic carbocycles. The molecular formula is C18H23Cl2N5O2S. The van der Waals surface area contributed by atoms with Crippen molar-refractivity contribution in [1.29, 1.82) is 0 Å². The normalized spacial score (nSPS) is 11.2. The maximum absolute atomic E-state index is 11.9. The van der Waals surface area contributed by atoms with Crippen molar-refractivity contribution in [2.75, 3.05) is 25.5 Å². The Morgan fingerprint density at radius 2 is 2.04 bits per heavy atom. The largest absolute Gasteiger partial charge is 0.444 e. The fourth-order valence-electron chi connectivity index (χ4n) is 2.02. The molecule has 0 spiro atoms. The lowest BCUT2D eigenvalue weighted by Crippen LogP contribution is -2.36. The molecule has 0 radical (unpaired) electrons. The number of ether oxygens (including phenoxy) is 1. The maximum atomic E-state index is 11.9. The summed E-state index contributed by atoms with van der Waals surface area (Å²) in [7, 11) is 1.69. The minimum atomic E-state index is -0.517. The fraction of sp³-hybridized carbons (Fsp3) is 0.444. The number of rotatable bonds is 6. The van der Waals surface area contributed by atoms with Crippen LogP contribution in [0.2, 0.25) is 10.2 Å². The number of halogens is 2. The van der Waals surface area contributed by atoms with Gasteiger partial charge in [0.05, 0.1) is 16.9 Å². The van der Waals surface area contributed by atoms with Crippen molar-refractivity contribution in [2.24, 2.45) is 0 Å². The van der Waals surface area contributed by atoms with E-state index in [1.165, 1.54) is 16.7 Å². The lowest BCUT2D eigenvalue weighted by molar-refractivity contribution is 0.0305. The van der Waals surface area contributed by atoms with Crippen molar-refractivity contribution in [3.8, 4) is 0 Å². The van der Waals surface area contributed by atoms with Crippen molar-refractivity contribution in [3.63, 3.8) is 0 Å². The Balaban J connectivity index is 1.92. The van der Waals surface area contributed by atoms with E-state index in [0.29, 0.717) is 23.9 Å². The SMILES string of the molecule is Cc1nc(NCCN(C)C(=O)OC(C)(C)C)cnc1Sc1ccnc(Cl)c1Cl. The number of aromatic nitrogens is 3. The molecule has 2 aromatic heterocycles. The number of carbonyl (C=O) groups excluding carboxylic acids is 1. The number of likely N-dealkylation sites (N-methyl/N-ethyl adjacent to an activating group) is 1. The van der Waals surface area contributed by atoms with Gasteiger partial charge >= 0.3 is 6.09 Å². The summed E-state index contributed by atoms with van der Waals surface area (Å²) >= 11 is 13.5. The molecule has 2 heterocycles. The van der Waals surface area contributed by atoms with Crippen LogP contribution in [0, 0.1) is 6.92 Å². The molecular weight excluding hydrogens is 421 g/mol. The van der Waals surface area contributed by atoms with Gasteiger partial charge in [-0.1, -0.05) is 35.0 Å². The first-order chi connectivity index (χ1) is 13.1. The lowest BCUT2D eigenvalue weighted by Gasteiger charge is -2.24. The van der Waals surface area contributed by atoms with Crippen LogP contribution in [0.1, 0.15) is 26.5 Å². The van der Waals surface area contributed by atoms with Gasteiger partial charge in [-0.15, -0.1) is 0 Å². The van der Waals surface area contributed by atoms with Crippen LogP contribution in [-0.4, -0.2) is 51.7 Å². The van der Waals surface area contributed by atoms with Crippen molar-refractivity contribution >= 4 is 46.9 Å². The first kappa shape index (κ1) is 22.5. The summed E-state index contributed by atoms with van der Waals surface area (Å²) in [6.07, 6.45) is 2.87. The molecule has 2 aromatic rings. The summed E-state index contributed by atoms with van der Waals surface area (Å²) in [4.78, 5) is 27.1. The van der Waals surface area contributed by atoms with Gasteiger partial charge in [-0.25, -0.2) is 19.7 Å². The van der Waals surface area contributed by atoms with Crippen molar-refractivity contribution in [2.45, 2.75) is 43.2 Å². The highest BCUT2D eigenvalue weighted by atomic mass is 35.5. The molecule has 10 heteroatoms. The van der Waals surface area contributed by atoms with Crippen LogP contribution in [0.4, 0.5) is 10.6 Å². The van der Waals surface area contributed by atoms with E-state index in [4.69, 9.17) is 27.9 Å². The molecule has 0 saturated heterocycles. The monoisotopic (exact) mass is 443 g/mol. The summed E-state index contributed by atoms with van der Waals surface area (Å²) in [5.74, 6) is 0.623. The number of pyridine rings is 1. The quantitative estimate of drug-likeness (QED) is 0.634. The number of carbonyl (C=O) groups is 1. The van der Waals surface area contributed by atoms with Crippen LogP contribution in [0.15, 0.2) is 28.4 Å². The zero-order chi connectivity index (χ0) is 20.9. The van der Waals surface area contributed by atoms with Crippen LogP contribution >= 0.6 is 35.0 Å². The molecule has 0 aliphatic heterocycles. The van der Waals surface area contributed by atoms with Gasteiger partial charge in [0, 0.05) is 31.2 Å². The number of anilines is 1. The minimum Gasteiger partial charge on any atom is -0.444 e. The molecule has 28 heavy (non-hydrogen) atoms. The van der Waals surface area contributed by atoms with E-state index in [0.717, 1.165) is 15.6 Å². The topological polar surface area (TPSA) is 80.2 Å². The zero-order valence-corrected chi connectivity index (χ0v) is 18.7. The summed E-state index contributed by atoms with van der Waals surface area (Å²) in [6.45, 7) is 8.36. The van der Waals surface area contributed by atoms with Crippen LogP contribution < -0.4 is 5.32 Å². The molecule has 0 aliphatic rings. The highest BCUT2D eigenvalue weighted by Gasteiger charge is 2.19. The Morgan fingerprint density at radius 3 is 2.68 bits per heavy atom. The van der Waals surface area contributed by atoms with Crippen molar-refractivity contribution in [3.05, 3.63) is 34.3 Å². The number of nitrogens with zero attached hydrogens (tertiary/aromatic N) is 4. The standard InChI is InChI=1S/C18H23Cl2N5O2S/c1-11-16(28-12-6-7-22-15(20)14(12)19)23-10-13(24-11)21-8-9-25(5)17(26)27-18(2,3)4/h6-7,10H,8-9H2,1-5H3,(H,21,24). The van der Waals surface area contributed by atoms with Gasteiger partial charge in [0.2, 0.25) is 0 Å². The summed E-state index contributed by atoms with van der Waals surface area (Å²) in [5, 5.41) is 4.52. The Bertz CT molecular complexity index is 845. The number of aryl methyl sites for hydroxylation is 1. The van der Waals surface area contributed by atoms with Gasteiger partial charge in [0.15, 0.2) is 0 Å². The molecule has 0 unspecified atom stereocenters. The average Bonchev–Trinajstić information content (AvgIpc) is 2.59. The van der Waals surface area contributed by atoms with E-state index in [9.17, 15) is 4.79 Å². The van der Waals surface area contributed by atoms with Crippen LogP contribution in [-0.2, 0) is 4.74 Å². The van der Waals surface area contributed by atoms with E-state index in [-0.39, 0.29) is 11.2 Å². The van der Waals surface area contributed by atoms with E-state index in [1.807, 2.05) is 27.7 Å². The van der Waals surface area contributed by atoms with E-state index < -0.39 is 5.60 Å². The Morgan fingerprint density at radius 1 is 1.32 bits per heavy atom. The molecule has 7 nitrogen and oxygen atoms in total. The second-order valence-electron chi connectivity index (χ2n) is 6.99. The third-order valence-corrected chi connectivity index (χ3v) is 5.41. The minimum absolute atomic E-state index is 0.254. The highest BCUT2D eigenvalue weighted by Crippen LogP contribution is 2.36. The predicted molar refractivity (Wildman–Crippen MR) is 113 cm³/mol. The van der Waals surface area contributed by atoms with Crippen LogP contribution in [0.25, 0.3) is 0 Å². The summed E-state index contributed by atoms with van der Waals surface area (Å²) in [5.41, 5.74) is 0.232. The number of amides is 1. The van der Waals surface area contributed by atoms with Gasteiger partial charge < -0.3 is 15.0 Å². The molecule has 152 valence electrons. The van der Waals surface area contributed by atoms with Gasteiger partial charge in [0.1, 0.15) is 21.6 Å². The first-order valence-corrected chi connectivity index (χ1v) is 10.1. The fourth-order valence-corrected chi connectivity index (χ4v) is 3.29. The molecule has 0 atom stereocenters.